The molecule has 2 atom stereocenters. The maximum absolute atomic E-state index is 12.9. The van der Waals surface area contributed by atoms with Gasteiger partial charge in [-0.3, -0.25) is 4.79 Å². The molecule has 0 spiro atoms. The maximum Gasteiger partial charge on any atom is 0.231 e. The largest absolute Gasteiger partial charge is 0.342 e. The number of amides is 1. The molecule has 1 aromatic carbocycles. The van der Waals surface area contributed by atoms with Crippen LogP contribution in [0.2, 0.25) is 0 Å². The first-order chi connectivity index (χ1) is 11.2. The lowest BCUT2D eigenvalue weighted by Gasteiger charge is -2.32. The highest BCUT2D eigenvalue weighted by Crippen LogP contribution is 2.16. The Bertz CT molecular complexity index is 520. The number of hydrogen-bond acceptors (Lipinski definition) is 1. The molecule has 2 heterocycles. The molecule has 126 valence electrons. The number of nitrogens with zero attached hydrogens (tertiary/aromatic N) is 1. The van der Waals surface area contributed by atoms with E-state index in [0.717, 1.165) is 32.6 Å². The van der Waals surface area contributed by atoms with Gasteiger partial charge < -0.3 is 9.80 Å². The molecule has 2 aliphatic rings. The first kappa shape index (κ1) is 16.5. The van der Waals surface area contributed by atoms with E-state index in [1.54, 1.807) is 4.90 Å². The SMILES string of the molecule is Cc1ccccc1C[NH+]1CCC[C@@H](C(=O)N2CCCCCC2)C1. The zero-order chi connectivity index (χ0) is 16.1. The van der Waals surface area contributed by atoms with Gasteiger partial charge in [0.1, 0.15) is 6.54 Å². The number of quaternary nitrogens is 1. The molecule has 1 N–H and O–H groups in total. The Morgan fingerprint density at radius 3 is 2.61 bits per heavy atom. The number of likely N-dealkylation sites (tertiary alicyclic amines) is 2. The van der Waals surface area contributed by atoms with Gasteiger partial charge >= 0.3 is 0 Å². The van der Waals surface area contributed by atoms with E-state index >= 15 is 0 Å². The monoisotopic (exact) mass is 315 g/mol. The highest BCUT2D eigenvalue weighted by Gasteiger charge is 2.32. The van der Waals surface area contributed by atoms with E-state index in [4.69, 9.17) is 0 Å². The van der Waals surface area contributed by atoms with Gasteiger partial charge in [-0.25, -0.2) is 0 Å². The third-order valence-corrected chi connectivity index (χ3v) is 5.59. The Labute approximate surface area is 140 Å². The fraction of sp³-hybridized carbons (Fsp3) is 0.650. The van der Waals surface area contributed by atoms with Gasteiger partial charge in [0.05, 0.1) is 19.0 Å². The third-order valence-electron chi connectivity index (χ3n) is 5.59. The van der Waals surface area contributed by atoms with Crippen LogP contribution in [0.5, 0.6) is 0 Å². The molecule has 0 aromatic heterocycles. The first-order valence-electron chi connectivity index (χ1n) is 9.41. The van der Waals surface area contributed by atoms with Crippen LogP contribution in [0.1, 0.15) is 49.7 Å². The second-order valence-electron chi connectivity index (χ2n) is 7.39. The van der Waals surface area contributed by atoms with E-state index in [0.29, 0.717) is 5.91 Å². The zero-order valence-electron chi connectivity index (χ0n) is 14.5. The molecular weight excluding hydrogens is 284 g/mol. The molecule has 1 unspecified atom stereocenters. The number of rotatable bonds is 3. The van der Waals surface area contributed by atoms with Crippen LogP contribution < -0.4 is 4.90 Å². The summed E-state index contributed by atoms with van der Waals surface area (Å²) in [7, 11) is 0. The molecule has 3 rings (SSSR count). The molecule has 23 heavy (non-hydrogen) atoms. The van der Waals surface area contributed by atoms with E-state index in [1.807, 2.05) is 0 Å². The van der Waals surface area contributed by atoms with Gasteiger partial charge in [-0.1, -0.05) is 37.1 Å². The molecule has 2 saturated heterocycles. The standard InChI is InChI=1S/C20H30N2O/c1-17-9-4-5-10-18(17)15-21-12-8-11-19(16-21)20(23)22-13-6-2-3-7-14-22/h4-5,9-10,19H,2-3,6-8,11-16H2,1H3/p+1/t19-/m1/s1. The van der Waals surface area contributed by atoms with Gasteiger partial charge in [0.15, 0.2) is 0 Å². The molecule has 0 bridgehead atoms. The van der Waals surface area contributed by atoms with Crippen LogP contribution in [0.3, 0.4) is 0 Å². The maximum atomic E-state index is 12.9. The second-order valence-corrected chi connectivity index (χ2v) is 7.39. The van der Waals surface area contributed by atoms with Gasteiger partial charge in [0.25, 0.3) is 0 Å². The Morgan fingerprint density at radius 2 is 1.87 bits per heavy atom. The van der Waals surface area contributed by atoms with Crippen molar-refractivity contribution in [2.45, 2.75) is 52.0 Å². The summed E-state index contributed by atoms with van der Waals surface area (Å²) in [5.74, 6) is 0.690. The summed E-state index contributed by atoms with van der Waals surface area (Å²) in [6.07, 6.45) is 7.24. The molecule has 2 fully saturated rings. The minimum absolute atomic E-state index is 0.251. The van der Waals surface area contributed by atoms with Crippen molar-refractivity contribution in [3.8, 4) is 0 Å². The van der Waals surface area contributed by atoms with Crippen molar-refractivity contribution in [3.63, 3.8) is 0 Å². The Kier molecular flexibility index (Phi) is 5.71. The molecule has 0 radical (unpaired) electrons. The van der Waals surface area contributed by atoms with Gasteiger partial charge in [-0.2, -0.15) is 0 Å². The lowest BCUT2D eigenvalue weighted by molar-refractivity contribution is -0.921. The lowest BCUT2D eigenvalue weighted by atomic mass is 9.95. The summed E-state index contributed by atoms with van der Waals surface area (Å²) in [5, 5.41) is 0. The molecule has 0 aliphatic carbocycles. The van der Waals surface area contributed by atoms with Crippen molar-refractivity contribution in [3.05, 3.63) is 35.4 Å². The summed E-state index contributed by atoms with van der Waals surface area (Å²) in [6.45, 7) is 7.46. The molecule has 2 aliphatic heterocycles. The van der Waals surface area contributed by atoms with E-state index < -0.39 is 0 Å². The van der Waals surface area contributed by atoms with Crippen LogP contribution >= 0.6 is 0 Å². The highest BCUT2D eigenvalue weighted by atomic mass is 16.2. The summed E-state index contributed by atoms with van der Waals surface area (Å²) in [5.41, 5.74) is 2.81. The minimum atomic E-state index is 0.251. The van der Waals surface area contributed by atoms with E-state index in [2.05, 4.69) is 36.1 Å². The van der Waals surface area contributed by atoms with Crippen molar-refractivity contribution in [2.24, 2.45) is 5.92 Å². The van der Waals surface area contributed by atoms with Gasteiger partial charge in [-0.05, 0) is 38.2 Å². The number of nitrogens with one attached hydrogen (secondary N) is 1. The van der Waals surface area contributed by atoms with Crippen molar-refractivity contribution in [1.29, 1.82) is 0 Å². The third kappa shape index (κ3) is 4.35. The second kappa shape index (κ2) is 7.96. The fourth-order valence-corrected chi connectivity index (χ4v) is 4.15. The normalized spacial score (nSPS) is 25.9. The average molecular weight is 315 g/mol. The van der Waals surface area contributed by atoms with Crippen LogP contribution in [0.15, 0.2) is 24.3 Å². The van der Waals surface area contributed by atoms with E-state index in [1.165, 1.54) is 49.8 Å². The quantitative estimate of drug-likeness (QED) is 0.909. The first-order valence-corrected chi connectivity index (χ1v) is 9.41. The van der Waals surface area contributed by atoms with Crippen LogP contribution in [0.25, 0.3) is 0 Å². The fourth-order valence-electron chi connectivity index (χ4n) is 4.15. The van der Waals surface area contributed by atoms with Crippen LogP contribution in [0, 0.1) is 12.8 Å². The number of piperidine rings is 1. The lowest BCUT2D eigenvalue weighted by Crippen LogP contribution is -3.12. The smallest absolute Gasteiger partial charge is 0.231 e. The van der Waals surface area contributed by atoms with Crippen molar-refractivity contribution in [1.82, 2.24) is 4.90 Å². The van der Waals surface area contributed by atoms with Crippen LogP contribution in [-0.4, -0.2) is 37.0 Å². The predicted molar refractivity (Wildman–Crippen MR) is 93.4 cm³/mol. The Hall–Kier alpha value is -1.35. The number of hydrogen-bond donors (Lipinski definition) is 1. The van der Waals surface area contributed by atoms with Gasteiger partial charge in [-0.15, -0.1) is 0 Å². The summed E-state index contributed by atoms with van der Waals surface area (Å²) in [4.78, 5) is 16.6. The summed E-state index contributed by atoms with van der Waals surface area (Å²) < 4.78 is 0. The van der Waals surface area contributed by atoms with Crippen LogP contribution in [-0.2, 0) is 11.3 Å². The van der Waals surface area contributed by atoms with Crippen molar-refractivity contribution in [2.75, 3.05) is 26.2 Å². The van der Waals surface area contributed by atoms with Crippen LogP contribution in [0.4, 0.5) is 0 Å². The Morgan fingerprint density at radius 1 is 1.13 bits per heavy atom. The summed E-state index contributed by atoms with van der Waals surface area (Å²) in [6, 6.07) is 8.67. The molecule has 1 amide bonds. The number of benzene rings is 1. The van der Waals surface area contributed by atoms with Gasteiger partial charge in [0, 0.05) is 18.7 Å². The zero-order valence-corrected chi connectivity index (χ0v) is 14.5. The molecule has 3 heteroatoms. The molecule has 0 saturated carbocycles. The average Bonchev–Trinajstić information content (AvgIpc) is 2.86. The number of aryl methyl sites for hydroxylation is 1. The van der Waals surface area contributed by atoms with E-state index in [9.17, 15) is 4.79 Å². The van der Waals surface area contributed by atoms with Crippen molar-refractivity contribution < 1.29 is 9.69 Å². The number of carbonyl (C=O) groups is 1. The number of carbonyl (C=O) groups excluding carboxylic acids is 1. The predicted octanol–water partition coefficient (Wildman–Crippen LogP) is 2.19. The van der Waals surface area contributed by atoms with Crippen molar-refractivity contribution >= 4 is 5.91 Å². The topological polar surface area (TPSA) is 24.8 Å². The molecular formula is C20H31N2O+. The van der Waals surface area contributed by atoms with E-state index in [-0.39, 0.29) is 5.92 Å². The molecule has 3 nitrogen and oxygen atoms in total. The molecule has 1 aromatic rings. The highest BCUT2D eigenvalue weighted by molar-refractivity contribution is 5.79. The van der Waals surface area contributed by atoms with Gasteiger partial charge in [0.2, 0.25) is 5.91 Å². The summed E-state index contributed by atoms with van der Waals surface area (Å²) >= 11 is 0. The minimum Gasteiger partial charge on any atom is -0.342 e. The Balaban J connectivity index is 1.59.